The Balaban J connectivity index is 1.92. The Hall–Kier alpha value is -0.870. The van der Waals surface area contributed by atoms with Crippen LogP contribution in [0.15, 0.2) is 10.7 Å². The Morgan fingerprint density at radius 3 is 3.18 bits per heavy atom. The summed E-state index contributed by atoms with van der Waals surface area (Å²) in [5.74, 6) is 1.59. The summed E-state index contributed by atoms with van der Waals surface area (Å²) in [7, 11) is 4.13. The van der Waals surface area contributed by atoms with Crippen molar-refractivity contribution in [2.45, 2.75) is 32.2 Å². The summed E-state index contributed by atoms with van der Waals surface area (Å²) in [5, 5.41) is 3.17. The minimum absolute atomic E-state index is 0.265. The lowest BCUT2D eigenvalue weighted by molar-refractivity contribution is 0.202. The second-order valence-electron chi connectivity index (χ2n) is 5.15. The third kappa shape index (κ3) is 3.30. The number of piperidine rings is 1. The number of nitrogens with one attached hydrogen (secondary N) is 1. The van der Waals surface area contributed by atoms with Crippen molar-refractivity contribution in [2.75, 3.05) is 27.2 Å². The smallest absolute Gasteiger partial charge is 0.194 e. The zero-order valence-corrected chi connectivity index (χ0v) is 11.1. The number of aromatic nitrogens is 1. The molecule has 0 radical (unpaired) electrons. The summed E-state index contributed by atoms with van der Waals surface area (Å²) in [6, 6.07) is 0.265. The third-order valence-corrected chi connectivity index (χ3v) is 3.63. The summed E-state index contributed by atoms with van der Waals surface area (Å²) >= 11 is 0. The maximum atomic E-state index is 5.56. The van der Waals surface area contributed by atoms with Gasteiger partial charge in [-0.2, -0.15) is 0 Å². The molecule has 96 valence electrons. The van der Waals surface area contributed by atoms with Crippen LogP contribution >= 0.6 is 0 Å². The Kier molecular flexibility index (Phi) is 4.18. The van der Waals surface area contributed by atoms with Crippen LogP contribution < -0.4 is 5.32 Å². The lowest BCUT2D eigenvalue weighted by Gasteiger charge is -2.28. The first-order valence-corrected chi connectivity index (χ1v) is 6.49. The van der Waals surface area contributed by atoms with E-state index in [-0.39, 0.29) is 6.04 Å². The van der Waals surface area contributed by atoms with Gasteiger partial charge in [0.15, 0.2) is 5.89 Å². The highest BCUT2D eigenvalue weighted by Gasteiger charge is 2.20. The Labute approximate surface area is 103 Å². The van der Waals surface area contributed by atoms with Crippen LogP contribution in [0.4, 0.5) is 0 Å². The second kappa shape index (κ2) is 5.65. The number of likely N-dealkylation sites (tertiary alicyclic amines) is 1. The van der Waals surface area contributed by atoms with Crippen LogP contribution in [-0.4, -0.2) is 37.1 Å². The van der Waals surface area contributed by atoms with Gasteiger partial charge in [-0.15, -0.1) is 0 Å². The molecule has 1 aromatic rings. The maximum absolute atomic E-state index is 5.56. The van der Waals surface area contributed by atoms with Crippen molar-refractivity contribution < 1.29 is 4.42 Å². The first kappa shape index (κ1) is 12.6. The van der Waals surface area contributed by atoms with Gasteiger partial charge in [-0.3, -0.25) is 0 Å². The molecule has 4 nitrogen and oxygen atoms in total. The van der Waals surface area contributed by atoms with E-state index in [0.717, 1.165) is 18.0 Å². The first-order chi connectivity index (χ1) is 8.19. The highest BCUT2D eigenvalue weighted by Crippen LogP contribution is 2.20. The van der Waals surface area contributed by atoms with Gasteiger partial charge in [-0.25, -0.2) is 4.98 Å². The van der Waals surface area contributed by atoms with Gasteiger partial charge in [-0.05, 0) is 46.3 Å². The molecule has 1 aromatic heterocycles. The molecular formula is C13H23N3O. The fraction of sp³-hybridized carbons (Fsp3) is 0.769. The molecule has 2 atom stereocenters. The molecular weight excluding hydrogens is 214 g/mol. The molecule has 2 unspecified atom stereocenters. The van der Waals surface area contributed by atoms with Crippen molar-refractivity contribution in [2.24, 2.45) is 5.92 Å². The summed E-state index contributed by atoms with van der Waals surface area (Å²) in [6.07, 6.45) is 5.34. The van der Waals surface area contributed by atoms with Crippen LogP contribution in [0, 0.1) is 5.92 Å². The van der Waals surface area contributed by atoms with Gasteiger partial charge in [0, 0.05) is 19.0 Å². The van der Waals surface area contributed by atoms with E-state index >= 15 is 0 Å². The average Bonchev–Trinajstić information content (AvgIpc) is 2.76. The molecule has 0 saturated carbocycles. The van der Waals surface area contributed by atoms with E-state index in [4.69, 9.17) is 4.42 Å². The summed E-state index contributed by atoms with van der Waals surface area (Å²) in [4.78, 5) is 6.95. The van der Waals surface area contributed by atoms with Crippen molar-refractivity contribution >= 4 is 0 Å². The second-order valence-corrected chi connectivity index (χ2v) is 5.15. The summed E-state index contributed by atoms with van der Waals surface area (Å²) < 4.78 is 5.56. The number of hydrogen-bond acceptors (Lipinski definition) is 4. The molecule has 17 heavy (non-hydrogen) atoms. The highest BCUT2D eigenvalue weighted by atomic mass is 16.3. The van der Waals surface area contributed by atoms with Gasteiger partial charge in [0.2, 0.25) is 0 Å². The van der Waals surface area contributed by atoms with E-state index in [0.29, 0.717) is 5.92 Å². The average molecular weight is 237 g/mol. The van der Waals surface area contributed by atoms with E-state index < -0.39 is 0 Å². The Morgan fingerprint density at radius 1 is 1.65 bits per heavy atom. The molecule has 0 aliphatic carbocycles. The largest absolute Gasteiger partial charge is 0.449 e. The van der Waals surface area contributed by atoms with E-state index in [2.05, 4.69) is 29.2 Å². The zero-order valence-electron chi connectivity index (χ0n) is 11.1. The Bertz CT molecular complexity index is 350. The number of oxazole rings is 1. The van der Waals surface area contributed by atoms with E-state index in [1.165, 1.54) is 25.9 Å². The number of hydrogen-bond donors (Lipinski definition) is 1. The molecule has 0 spiro atoms. The molecule has 1 fully saturated rings. The molecule has 0 bridgehead atoms. The topological polar surface area (TPSA) is 41.3 Å². The van der Waals surface area contributed by atoms with Crippen LogP contribution in [0.2, 0.25) is 0 Å². The third-order valence-electron chi connectivity index (χ3n) is 3.63. The van der Waals surface area contributed by atoms with Crippen molar-refractivity contribution in [3.63, 3.8) is 0 Å². The van der Waals surface area contributed by atoms with Crippen molar-refractivity contribution in [3.8, 4) is 0 Å². The number of rotatable bonds is 4. The van der Waals surface area contributed by atoms with E-state index in [1.54, 1.807) is 6.26 Å². The van der Waals surface area contributed by atoms with Crippen molar-refractivity contribution in [1.82, 2.24) is 15.2 Å². The van der Waals surface area contributed by atoms with Gasteiger partial charge in [0.05, 0.1) is 5.69 Å². The van der Waals surface area contributed by atoms with E-state index in [1.807, 2.05) is 7.05 Å². The molecule has 1 aliphatic heterocycles. The quantitative estimate of drug-likeness (QED) is 0.867. The van der Waals surface area contributed by atoms with E-state index in [9.17, 15) is 0 Å². The molecule has 0 amide bonds. The molecule has 1 aliphatic rings. The van der Waals surface area contributed by atoms with Crippen LogP contribution in [0.1, 0.15) is 37.4 Å². The van der Waals surface area contributed by atoms with Crippen LogP contribution in [0.3, 0.4) is 0 Å². The predicted molar refractivity (Wildman–Crippen MR) is 67.9 cm³/mol. The minimum atomic E-state index is 0.265. The molecule has 2 heterocycles. The zero-order chi connectivity index (χ0) is 12.3. The predicted octanol–water partition coefficient (Wildman–Crippen LogP) is 1.84. The maximum Gasteiger partial charge on any atom is 0.194 e. The lowest BCUT2D eigenvalue weighted by Crippen LogP contribution is -2.33. The fourth-order valence-corrected chi connectivity index (χ4v) is 2.45. The Morgan fingerprint density at radius 2 is 2.47 bits per heavy atom. The normalized spacial score (nSPS) is 23.8. The highest BCUT2D eigenvalue weighted by molar-refractivity contribution is 5.02. The summed E-state index contributed by atoms with van der Waals surface area (Å²) in [5.41, 5.74) is 1.01. The monoisotopic (exact) mass is 237 g/mol. The SMILES string of the molecule is CNC(C)c1coc(CC2CCCN(C)C2)n1. The van der Waals surface area contributed by atoms with Crippen LogP contribution in [-0.2, 0) is 6.42 Å². The number of nitrogens with zero attached hydrogens (tertiary/aromatic N) is 2. The van der Waals surface area contributed by atoms with Crippen molar-refractivity contribution in [1.29, 1.82) is 0 Å². The van der Waals surface area contributed by atoms with Crippen LogP contribution in [0.25, 0.3) is 0 Å². The molecule has 2 rings (SSSR count). The first-order valence-electron chi connectivity index (χ1n) is 6.49. The fourth-order valence-electron chi connectivity index (χ4n) is 2.45. The minimum Gasteiger partial charge on any atom is -0.449 e. The van der Waals surface area contributed by atoms with Gasteiger partial charge in [0.25, 0.3) is 0 Å². The van der Waals surface area contributed by atoms with Crippen molar-refractivity contribution in [3.05, 3.63) is 17.8 Å². The molecule has 1 N–H and O–H groups in total. The molecule has 0 aromatic carbocycles. The lowest BCUT2D eigenvalue weighted by atomic mass is 9.95. The van der Waals surface area contributed by atoms with Gasteiger partial charge in [-0.1, -0.05) is 0 Å². The van der Waals surface area contributed by atoms with Gasteiger partial charge >= 0.3 is 0 Å². The standard InChI is InChI=1S/C13H23N3O/c1-10(14-2)12-9-17-13(15-12)7-11-5-4-6-16(3)8-11/h9-11,14H,4-8H2,1-3H3. The summed E-state index contributed by atoms with van der Waals surface area (Å²) in [6.45, 7) is 4.49. The van der Waals surface area contributed by atoms with Crippen LogP contribution in [0.5, 0.6) is 0 Å². The van der Waals surface area contributed by atoms with Gasteiger partial charge in [0.1, 0.15) is 6.26 Å². The van der Waals surface area contributed by atoms with Gasteiger partial charge < -0.3 is 14.6 Å². The molecule has 1 saturated heterocycles. The molecule has 4 heteroatoms.